The summed E-state index contributed by atoms with van der Waals surface area (Å²) < 4.78 is 0.998. The lowest BCUT2D eigenvalue weighted by molar-refractivity contribution is 0.440. The Morgan fingerprint density at radius 2 is 1.88 bits per heavy atom. The van der Waals surface area contributed by atoms with Crippen LogP contribution in [0.2, 0.25) is 0 Å². The fourth-order valence-corrected chi connectivity index (χ4v) is 2.03. The van der Waals surface area contributed by atoms with Crippen molar-refractivity contribution >= 4 is 26.8 Å². The molecule has 1 heterocycles. The Balaban J connectivity index is 2.74. The number of aromatic nitrogens is 1. The van der Waals surface area contributed by atoms with Crippen LogP contribution in [0.1, 0.15) is 26.5 Å². The first-order chi connectivity index (χ1) is 7.38. The second-order valence-electron chi connectivity index (χ2n) is 4.94. The third kappa shape index (κ3) is 2.05. The minimum absolute atomic E-state index is 0.152. The number of aromatic hydroxyl groups is 1. The quantitative estimate of drug-likeness (QED) is 0.791. The predicted molar refractivity (Wildman–Crippen MR) is 69.8 cm³/mol. The second-order valence-corrected chi connectivity index (χ2v) is 5.86. The highest BCUT2D eigenvalue weighted by Crippen LogP contribution is 2.32. The Kier molecular flexibility index (Phi) is 2.66. The number of nitrogens with zero attached hydrogens (tertiary/aromatic N) is 1. The molecule has 0 bridgehead atoms. The van der Waals surface area contributed by atoms with Gasteiger partial charge < -0.3 is 5.11 Å². The average molecular weight is 280 g/mol. The first kappa shape index (κ1) is 11.4. The summed E-state index contributed by atoms with van der Waals surface area (Å²) in [7, 11) is 0. The van der Waals surface area contributed by atoms with Crippen LogP contribution in [0.3, 0.4) is 0 Å². The predicted octanol–water partition coefficient (Wildman–Crippen LogP) is 4.00. The van der Waals surface area contributed by atoms with Gasteiger partial charge in [0.1, 0.15) is 5.75 Å². The summed E-state index contributed by atoms with van der Waals surface area (Å²) in [5.41, 5.74) is 1.48. The van der Waals surface area contributed by atoms with Gasteiger partial charge in [0.15, 0.2) is 0 Å². The zero-order chi connectivity index (χ0) is 11.9. The monoisotopic (exact) mass is 279 g/mol. The van der Waals surface area contributed by atoms with Crippen LogP contribution in [0, 0.1) is 0 Å². The molecule has 0 amide bonds. The van der Waals surface area contributed by atoms with Crippen LogP contribution in [-0.2, 0) is 5.41 Å². The van der Waals surface area contributed by atoms with Gasteiger partial charge in [-0.3, -0.25) is 0 Å². The van der Waals surface area contributed by atoms with Crippen LogP contribution in [0.4, 0.5) is 0 Å². The van der Waals surface area contributed by atoms with Crippen molar-refractivity contribution in [2.24, 2.45) is 0 Å². The summed E-state index contributed by atoms with van der Waals surface area (Å²) in [6.07, 6.45) is 0. The van der Waals surface area contributed by atoms with Crippen molar-refractivity contribution in [2.75, 3.05) is 0 Å². The summed E-state index contributed by atoms with van der Waals surface area (Å²) in [5, 5.41) is 10.9. The van der Waals surface area contributed by atoms with Gasteiger partial charge >= 0.3 is 0 Å². The number of pyridine rings is 1. The summed E-state index contributed by atoms with van der Waals surface area (Å²) in [6.45, 7) is 6.12. The van der Waals surface area contributed by atoms with E-state index in [-0.39, 0.29) is 11.2 Å². The molecule has 0 fully saturated rings. The SMILES string of the molecule is CC(C)(C)c1nc2cc(Br)ccc2cc1O. The van der Waals surface area contributed by atoms with Gasteiger partial charge in [-0.05, 0) is 18.2 Å². The lowest BCUT2D eigenvalue weighted by Crippen LogP contribution is -2.13. The topological polar surface area (TPSA) is 33.1 Å². The van der Waals surface area contributed by atoms with E-state index in [2.05, 4.69) is 20.9 Å². The zero-order valence-corrected chi connectivity index (χ0v) is 11.2. The molecule has 2 aromatic rings. The van der Waals surface area contributed by atoms with Crippen molar-refractivity contribution in [2.45, 2.75) is 26.2 Å². The average Bonchev–Trinajstić information content (AvgIpc) is 2.16. The summed E-state index contributed by atoms with van der Waals surface area (Å²) in [4.78, 5) is 4.53. The molecule has 1 aromatic carbocycles. The normalized spacial score (nSPS) is 12.0. The molecule has 84 valence electrons. The summed E-state index contributed by atoms with van der Waals surface area (Å²) >= 11 is 3.42. The maximum atomic E-state index is 9.94. The van der Waals surface area contributed by atoms with E-state index in [0.717, 1.165) is 21.1 Å². The smallest absolute Gasteiger partial charge is 0.138 e. The summed E-state index contributed by atoms with van der Waals surface area (Å²) in [6, 6.07) is 7.62. The van der Waals surface area contributed by atoms with Crippen LogP contribution < -0.4 is 0 Å². The van der Waals surface area contributed by atoms with Gasteiger partial charge in [-0.15, -0.1) is 0 Å². The number of halogens is 1. The van der Waals surface area contributed by atoms with Crippen molar-refractivity contribution in [3.63, 3.8) is 0 Å². The van der Waals surface area contributed by atoms with Crippen molar-refractivity contribution in [3.8, 4) is 5.75 Å². The molecule has 16 heavy (non-hydrogen) atoms. The van der Waals surface area contributed by atoms with E-state index in [1.165, 1.54) is 0 Å². The molecule has 0 saturated heterocycles. The summed E-state index contributed by atoms with van der Waals surface area (Å²) in [5.74, 6) is 0.266. The molecular weight excluding hydrogens is 266 g/mol. The number of hydrogen-bond acceptors (Lipinski definition) is 2. The van der Waals surface area contributed by atoms with Crippen LogP contribution >= 0.6 is 15.9 Å². The van der Waals surface area contributed by atoms with Crippen LogP contribution in [0.25, 0.3) is 10.9 Å². The number of benzene rings is 1. The molecule has 0 unspecified atom stereocenters. The Hall–Kier alpha value is -1.09. The zero-order valence-electron chi connectivity index (χ0n) is 9.58. The number of hydrogen-bond donors (Lipinski definition) is 1. The fourth-order valence-electron chi connectivity index (χ4n) is 1.68. The first-order valence-electron chi connectivity index (χ1n) is 5.18. The minimum atomic E-state index is -0.152. The molecule has 0 radical (unpaired) electrons. The van der Waals surface area contributed by atoms with Gasteiger partial charge in [0.25, 0.3) is 0 Å². The second kappa shape index (κ2) is 3.74. The third-order valence-corrected chi connectivity index (χ3v) is 2.96. The molecule has 0 aliphatic heterocycles. The van der Waals surface area contributed by atoms with Crippen molar-refractivity contribution in [3.05, 3.63) is 34.4 Å². The maximum Gasteiger partial charge on any atom is 0.138 e. The van der Waals surface area contributed by atoms with Crippen LogP contribution in [0.15, 0.2) is 28.7 Å². The minimum Gasteiger partial charge on any atom is -0.506 e. The molecule has 0 aliphatic carbocycles. The Labute approximate surface area is 103 Å². The van der Waals surface area contributed by atoms with Crippen LogP contribution in [-0.4, -0.2) is 10.1 Å². The van der Waals surface area contributed by atoms with E-state index in [0.29, 0.717) is 0 Å². The van der Waals surface area contributed by atoms with E-state index in [4.69, 9.17) is 0 Å². The molecule has 0 aliphatic rings. The van der Waals surface area contributed by atoms with Crippen LogP contribution in [0.5, 0.6) is 5.75 Å². The van der Waals surface area contributed by atoms with E-state index in [1.54, 1.807) is 6.07 Å². The molecule has 2 nitrogen and oxygen atoms in total. The molecular formula is C13H14BrNO. The van der Waals surface area contributed by atoms with Gasteiger partial charge in [-0.1, -0.05) is 42.8 Å². The molecule has 0 atom stereocenters. The van der Waals surface area contributed by atoms with E-state index in [1.807, 2.05) is 39.0 Å². The van der Waals surface area contributed by atoms with E-state index < -0.39 is 0 Å². The molecule has 1 N–H and O–H groups in total. The van der Waals surface area contributed by atoms with E-state index >= 15 is 0 Å². The maximum absolute atomic E-state index is 9.94. The number of fused-ring (bicyclic) bond motifs is 1. The Bertz CT molecular complexity index is 543. The van der Waals surface area contributed by atoms with Crippen molar-refractivity contribution < 1.29 is 5.11 Å². The lowest BCUT2D eigenvalue weighted by Gasteiger charge is -2.19. The molecule has 0 saturated carbocycles. The Morgan fingerprint density at radius 3 is 2.50 bits per heavy atom. The Morgan fingerprint density at radius 1 is 1.19 bits per heavy atom. The van der Waals surface area contributed by atoms with Gasteiger partial charge in [0.05, 0.1) is 11.2 Å². The van der Waals surface area contributed by atoms with Crippen molar-refractivity contribution in [1.82, 2.24) is 4.98 Å². The highest BCUT2D eigenvalue weighted by atomic mass is 79.9. The third-order valence-electron chi connectivity index (χ3n) is 2.47. The highest BCUT2D eigenvalue weighted by molar-refractivity contribution is 9.10. The standard InChI is InChI=1S/C13H14BrNO/c1-13(2,3)12-11(16)6-8-4-5-9(14)7-10(8)15-12/h4-7,16H,1-3H3. The molecule has 1 aromatic heterocycles. The van der Waals surface area contributed by atoms with Crippen molar-refractivity contribution in [1.29, 1.82) is 0 Å². The van der Waals surface area contributed by atoms with E-state index in [9.17, 15) is 5.11 Å². The largest absolute Gasteiger partial charge is 0.506 e. The van der Waals surface area contributed by atoms with Gasteiger partial charge in [0, 0.05) is 15.3 Å². The molecule has 0 spiro atoms. The first-order valence-corrected chi connectivity index (χ1v) is 5.97. The highest BCUT2D eigenvalue weighted by Gasteiger charge is 2.20. The van der Waals surface area contributed by atoms with Gasteiger partial charge in [-0.25, -0.2) is 4.98 Å². The fraction of sp³-hybridized carbons (Fsp3) is 0.308. The van der Waals surface area contributed by atoms with Gasteiger partial charge in [0.2, 0.25) is 0 Å². The lowest BCUT2D eigenvalue weighted by atomic mass is 9.90. The molecule has 3 heteroatoms. The molecule has 2 rings (SSSR count). The van der Waals surface area contributed by atoms with Gasteiger partial charge in [-0.2, -0.15) is 0 Å². The number of rotatable bonds is 0.